The van der Waals surface area contributed by atoms with Crippen molar-refractivity contribution in [3.63, 3.8) is 0 Å². The van der Waals surface area contributed by atoms with E-state index in [1.54, 1.807) is 62.8 Å². The lowest BCUT2D eigenvalue weighted by Gasteiger charge is -2.20. The van der Waals surface area contributed by atoms with Gasteiger partial charge >= 0.3 is 0 Å². The topological polar surface area (TPSA) is 55.8 Å². The summed E-state index contributed by atoms with van der Waals surface area (Å²) in [5.41, 5.74) is 2.41. The number of rotatable bonds is 6. The van der Waals surface area contributed by atoms with Gasteiger partial charge in [-0.1, -0.05) is 30.3 Å². The highest BCUT2D eigenvalue weighted by Crippen LogP contribution is 2.28. The minimum Gasteiger partial charge on any atom is -0.497 e. The first kappa shape index (κ1) is 18.8. The Hall–Kier alpha value is -2.99. The lowest BCUT2D eigenvalue weighted by molar-refractivity contribution is 0.415. The quantitative estimate of drug-likeness (QED) is 0.640. The van der Waals surface area contributed by atoms with Crippen LogP contribution in [0.4, 0.5) is 5.69 Å². The van der Waals surface area contributed by atoms with Crippen LogP contribution in [-0.4, -0.2) is 29.7 Å². The Balaban J connectivity index is 1.90. The number of methoxy groups -OCH3 is 2. The normalized spacial score (nSPS) is 11.1. The molecule has 0 aliphatic carbocycles. The summed E-state index contributed by atoms with van der Waals surface area (Å²) in [5, 5.41) is 0. The van der Waals surface area contributed by atoms with Gasteiger partial charge in [0.25, 0.3) is 10.0 Å². The Bertz CT molecular complexity index is 1030. The van der Waals surface area contributed by atoms with Gasteiger partial charge in [0.15, 0.2) is 0 Å². The lowest BCUT2D eigenvalue weighted by atomic mass is 10.1. The van der Waals surface area contributed by atoms with E-state index in [2.05, 4.69) is 0 Å². The summed E-state index contributed by atoms with van der Waals surface area (Å²) in [4.78, 5) is 0.222. The molecule has 0 spiro atoms. The SMILES string of the molecule is COc1cccc(-c2ccc(S(=O)(=O)N(C)c3cccc(OC)c3)cc2)c1. The van der Waals surface area contributed by atoms with Crippen LogP contribution in [0.3, 0.4) is 0 Å². The van der Waals surface area contributed by atoms with Gasteiger partial charge in [-0.2, -0.15) is 0 Å². The third-order valence-corrected chi connectivity index (χ3v) is 6.13. The van der Waals surface area contributed by atoms with Crippen LogP contribution in [0, 0.1) is 0 Å². The molecular formula is C21H21NO4S. The van der Waals surface area contributed by atoms with Crippen LogP contribution in [-0.2, 0) is 10.0 Å². The fourth-order valence-corrected chi connectivity index (χ4v) is 3.91. The standard InChI is InChI=1S/C21H21NO4S/c1-22(18-7-5-9-20(15-18)26-3)27(23,24)21-12-10-16(11-13-21)17-6-4-8-19(14-17)25-2/h4-15H,1-3H3. The zero-order valence-corrected chi connectivity index (χ0v) is 16.2. The van der Waals surface area contributed by atoms with Gasteiger partial charge in [-0.3, -0.25) is 4.31 Å². The highest BCUT2D eigenvalue weighted by molar-refractivity contribution is 7.92. The van der Waals surface area contributed by atoms with E-state index in [-0.39, 0.29) is 4.90 Å². The van der Waals surface area contributed by atoms with Gasteiger partial charge in [-0.05, 0) is 47.5 Å². The molecule has 0 saturated carbocycles. The molecule has 0 unspecified atom stereocenters. The molecule has 0 aromatic heterocycles. The minimum atomic E-state index is -3.68. The summed E-state index contributed by atoms with van der Waals surface area (Å²) < 4.78 is 37.6. The van der Waals surface area contributed by atoms with Gasteiger partial charge in [-0.15, -0.1) is 0 Å². The molecule has 0 aliphatic rings. The molecule has 6 heteroatoms. The summed E-state index contributed by atoms with van der Waals surface area (Å²) in [6, 6.07) is 21.4. The zero-order valence-electron chi connectivity index (χ0n) is 15.4. The van der Waals surface area contributed by atoms with Gasteiger partial charge in [0.2, 0.25) is 0 Å². The van der Waals surface area contributed by atoms with Crippen molar-refractivity contribution >= 4 is 15.7 Å². The van der Waals surface area contributed by atoms with Crippen molar-refractivity contribution in [2.24, 2.45) is 0 Å². The van der Waals surface area contributed by atoms with Crippen LogP contribution < -0.4 is 13.8 Å². The van der Waals surface area contributed by atoms with Crippen LogP contribution in [0.15, 0.2) is 77.7 Å². The fraction of sp³-hybridized carbons (Fsp3) is 0.143. The van der Waals surface area contributed by atoms with E-state index in [4.69, 9.17) is 9.47 Å². The van der Waals surface area contributed by atoms with Crippen LogP contribution in [0.2, 0.25) is 0 Å². The average molecular weight is 383 g/mol. The number of ether oxygens (including phenoxy) is 2. The molecule has 0 bridgehead atoms. The molecular weight excluding hydrogens is 362 g/mol. The molecule has 0 radical (unpaired) electrons. The van der Waals surface area contributed by atoms with E-state index in [1.165, 1.54) is 11.4 Å². The van der Waals surface area contributed by atoms with Crippen LogP contribution in [0.25, 0.3) is 11.1 Å². The Kier molecular flexibility index (Phi) is 5.37. The Morgan fingerprint density at radius 2 is 1.33 bits per heavy atom. The van der Waals surface area contributed by atoms with Gasteiger partial charge in [0.1, 0.15) is 11.5 Å². The van der Waals surface area contributed by atoms with Crippen molar-refractivity contribution in [3.05, 3.63) is 72.8 Å². The van der Waals surface area contributed by atoms with E-state index < -0.39 is 10.0 Å². The molecule has 3 aromatic rings. The first-order chi connectivity index (χ1) is 13.0. The van der Waals surface area contributed by atoms with E-state index in [0.29, 0.717) is 11.4 Å². The van der Waals surface area contributed by atoms with Crippen molar-refractivity contribution in [2.75, 3.05) is 25.6 Å². The van der Waals surface area contributed by atoms with Crippen molar-refractivity contribution < 1.29 is 17.9 Å². The third-order valence-electron chi connectivity index (χ3n) is 4.33. The summed E-state index contributed by atoms with van der Waals surface area (Å²) >= 11 is 0. The fourth-order valence-electron chi connectivity index (χ4n) is 2.73. The second kappa shape index (κ2) is 7.72. The maximum atomic E-state index is 12.9. The molecule has 3 aromatic carbocycles. The van der Waals surface area contributed by atoms with Crippen molar-refractivity contribution in [2.45, 2.75) is 4.90 Å². The van der Waals surface area contributed by atoms with E-state index in [9.17, 15) is 8.42 Å². The third kappa shape index (κ3) is 3.90. The molecule has 0 amide bonds. The minimum absolute atomic E-state index is 0.222. The molecule has 0 aliphatic heterocycles. The molecule has 0 saturated heterocycles. The van der Waals surface area contributed by atoms with Crippen molar-refractivity contribution in [1.29, 1.82) is 0 Å². The molecule has 0 fully saturated rings. The molecule has 5 nitrogen and oxygen atoms in total. The van der Waals surface area contributed by atoms with E-state index in [0.717, 1.165) is 16.9 Å². The number of nitrogens with zero attached hydrogens (tertiary/aromatic N) is 1. The van der Waals surface area contributed by atoms with Crippen molar-refractivity contribution in [1.82, 2.24) is 0 Å². The van der Waals surface area contributed by atoms with Gasteiger partial charge < -0.3 is 9.47 Å². The molecule has 0 heterocycles. The predicted octanol–water partition coefficient (Wildman–Crippen LogP) is 4.20. The highest BCUT2D eigenvalue weighted by Gasteiger charge is 2.21. The summed E-state index contributed by atoms with van der Waals surface area (Å²) in [6.45, 7) is 0. The molecule has 0 N–H and O–H groups in total. The molecule has 3 rings (SSSR count). The van der Waals surface area contributed by atoms with Gasteiger partial charge in [0, 0.05) is 13.1 Å². The first-order valence-electron chi connectivity index (χ1n) is 8.33. The van der Waals surface area contributed by atoms with E-state index >= 15 is 0 Å². The zero-order chi connectivity index (χ0) is 19.4. The maximum Gasteiger partial charge on any atom is 0.264 e. The first-order valence-corrected chi connectivity index (χ1v) is 9.77. The Morgan fingerprint density at radius 1 is 0.741 bits per heavy atom. The molecule has 27 heavy (non-hydrogen) atoms. The Morgan fingerprint density at radius 3 is 1.96 bits per heavy atom. The predicted molar refractivity (Wildman–Crippen MR) is 107 cm³/mol. The number of anilines is 1. The van der Waals surface area contributed by atoms with Crippen molar-refractivity contribution in [3.8, 4) is 22.6 Å². The van der Waals surface area contributed by atoms with E-state index in [1.807, 2.05) is 24.3 Å². The summed E-state index contributed by atoms with van der Waals surface area (Å²) in [6.07, 6.45) is 0. The monoisotopic (exact) mass is 383 g/mol. The number of benzene rings is 3. The van der Waals surface area contributed by atoms with Gasteiger partial charge in [0.05, 0.1) is 24.8 Å². The average Bonchev–Trinajstić information content (AvgIpc) is 2.73. The maximum absolute atomic E-state index is 12.9. The van der Waals surface area contributed by atoms with Crippen LogP contribution in [0.1, 0.15) is 0 Å². The summed E-state index contributed by atoms with van der Waals surface area (Å²) in [5.74, 6) is 1.35. The largest absolute Gasteiger partial charge is 0.497 e. The number of hydrogen-bond acceptors (Lipinski definition) is 4. The van der Waals surface area contributed by atoms with Crippen LogP contribution in [0.5, 0.6) is 11.5 Å². The second-order valence-corrected chi connectivity index (χ2v) is 7.90. The van der Waals surface area contributed by atoms with Crippen LogP contribution >= 0.6 is 0 Å². The smallest absolute Gasteiger partial charge is 0.264 e. The van der Waals surface area contributed by atoms with Gasteiger partial charge in [-0.25, -0.2) is 8.42 Å². The molecule has 0 atom stereocenters. The number of hydrogen-bond donors (Lipinski definition) is 0. The second-order valence-electron chi connectivity index (χ2n) is 5.93. The molecule has 140 valence electrons. The summed E-state index contributed by atoms with van der Waals surface area (Å²) in [7, 11) is 1.01. The highest BCUT2D eigenvalue weighted by atomic mass is 32.2. The number of sulfonamides is 1. The lowest BCUT2D eigenvalue weighted by Crippen LogP contribution is -2.26. The Labute approximate surface area is 159 Å².